The van der Waals surface area contributed by atoms with Gasteiger partial charge in [-0.05, 0) is 43.9 Å². The van der Waals surface area contributed by atoms with Crippen molar-refractivity contribution in [2.24, 2.45) is 5.92 Å². The van der Waals surface area contributed by atoms with Gasteiger partial charge in [-0.15, -0.1) is 0 Å². The standard InChI is InChI=1S/C13H14F3NO2/c1-7(8-2-3-8)17-11-5-4-9(13(14,15)16)6-10(11)12(18)19/h4-8,17H,2-3H2,1H3,(H,18,19). The van der Waals surface area contributed by atoms with Crippen LogP contribution in [0.1, 0.15) is 35.7 Å². The molecule has 0 spiro atoms. The highest BCUT2D eigenvalue weighted by Crippen LogP contribution is 2.36. The average Bonchev–Trinajstić information content (AvgIpc) is 3.11. The molecule has 104 valence electrons. The maximum atomic E-state index is 12.6. The molecule has 0 aromatic heterocycles. The minimum absolute atomic E-state index is 0.0647. The second-order valence-electron chi connectivity index (χ2n) is 4.83. The zero-order chi connectivity index (χ0) is 14.2. The molecule has 1 aliphatic carbocycles. The SMILES string of the molecule is CC(Nc1ccc(C(F)(F)F)cc1C(=O)O)C1CC1. The molecule has 0 aliphatic heterocycles. The number of rotatable bonds is 4. The number of anilines is 1. The van der Waals surface area contributed by atoms with Crippen LogP contribution in [0.5, 0.6) is 0 Å². The molecule has 3 nitrogen and oxygen atoms in total. The van der Waals surface area contributed by atoms with Crippen molar-refractivity contribution >= 4 is 11.7 Å². The summed E-state index contributed by atoms with van der Waals surface area (Å²) in [4.78, 5) is 11.1. The zero-order valence-electron chi connectivity index (χ0n) is 10.3. The first-order chi connectivity index (χ1) is 8.79. The topological polar surface area (TPSA) is 49.3 Å². The van der Waals surface area contributed by atoms with Gasteiger partial charge in [0, 0.05) is 11.7 Å². The lowest BCUT2D eigenvalue weighted by Gasteiger charge is -2.17. The summed E-state index contributed by atoms with van der Waals surface area (Å²) in [5.41, 5.74) is -1.06. The Bertz CT molecular complexity index is 495. The van der Waals surface area contributed by atoms with Crippen molar-refractivity contribution in [2.45, 2.75) is 32.0 Å². The first-order valence-electron chi connectivity index (χ1n) is 6.00. The minimum atomic E-state index is -4.54. The molecule has 1 atom stereocenters. The number of carboxylic acid groups (broad SMARTS) is 1. The lowest BCUT2D eigenvalue weighted by atomic mass is 10.1. The number of nitrogens with one attached hydrogen (secondary N) is 1. The lowest BCUT2D eigenvalue weighted by molar-refractivity contribution is -0.137. The van der Waals surface area contributed by atoms with E-state index in [1.807, 2.05) is 6.92 Å². The molecular formula is C13H14F3NO2. The highest BCUT2D eigenvalue weighted by molar-refractivity contribution is 5.94. The fourth-order valence-corrected chi connectivity index (χ4v) is 1.98. The van der Waals surface area contributed by atoms with E-state index in [1.54, 1.807) is 0 Å². The van der Waals surface area contributed by atoms with Crippen LogP contribution < -0.4 is 5.32 Å². The minimum Gasteiger partial charge on any atom is -0.478 e. The van der Waals surface area contributed by atoms with Crippen LogP contribution in [0, 0.1) is 5.92 Å². The van der Waals surface area contributed by atoms with E-state index in [0.29, 0.717) is 12.0 Å². The van der Waals surface area contributed by atoms with Crippen molar-refractivity contribution in [1.29, 1.82) is 0 Å². The number of alkyl halides is 3. The first-order valence-corrected chi connectivity index (χ1v) is 6.00. The second-order valence-corrected chi connectivity index (χ2v) is 4.83. The molecule has 0 bridgehead atoms. The molecule has 0 saturated heterocycles. The van der Waals surface area contributed by atoms with Crippen molar-refractivity contribution in [3.8, 4) is 0 Å². The molecular weight excluding hydrogens is 259 g/mol. The highest BCUT2D eigenvalue weighted by Gasteiger charge is 2.33. The van der Waals surface area contributed by atoms with E-state index in [1.165, 1.54) is 6.07 Å². The quantitative estimate of drug-likeness (QED) is 0.881. The van der Waals surface area contributed by atoms with E-state index in [2.05, 4.69) is 5.32 Å². The van der Waals surface area contributed by atoms with E-state index < -0.39 is 17.7 Å². The van der Waals surface area contributed by atoms with Gasteiger partial charge in [0.15, 0.2) is 0 Å². The molecule has 0 radical (unpaired) electrons. The molecule has 1 aliphatic rings. The van der Waals surface area contributed by atoms with E-state index in [9.17, 15) is 18.0 Å². The van der Waals surface area contributed by atoms with Crippen molar-refractivity contribution in [3.05, 3.63) is 29.3 Å². The Balaban J connectivity index is 2.29. The summed E-state index contributed by atoms with van der Waals surface area (Å²) in [7, 11) is 0. The molecule has 19 heavy (non-hydrogen) atoms. The monoisotopic (exact) mass is 273 g/mol. The fraction of sp³-hybridized carbons (Fsp3) is 0.462. The average molecular weight is 273 g/mol. The van der Waals surface area contributed by atoms with Crippen molar-refractivity contribution in [2.75, 3.05) is 5.32 Å². The number of carboxylic acids is 1. The summed E-state index contributed by atoms with van der Waals surface area (Å²) in [5.74, 6) is -0.888. The maximum absolute atomic E-state index is 12.6. The third-order valence-electron chi connectivity index (χ3n) is 3.29. The van der Waals surface area contributed by atoms with Crippen LogP contribution in [-0.2, 0) is 6.18 Å². The van der Waals surface area contributed by atoms with Gasteiger partial charge in [0.2, 0.25) is 0 Å². The molecule has 1 saturated carbocycles. The van der Waals surface area contributed by atoms with Gasteiger partial charge in [-0.3, -0.25) is 0 Å². The predicted octanol–water partition coefficient (Wildman–Crippen LogP) is 3.61. The third-order valence-corrected chi connectivity index (χ3v) is 3.29. The van der Waals surface area contributed by atoms with Gasteiger partial charge in [-0.25, -0.2) is 4.79 Å². The summed E-state index contributed by atoms with van der Waals surface area (Å²) in [5, 5.41) is 12.0. The first kappa shape index (κ1) is 13.7. The molecule has 0 amide bonds. The van der Waals surface area contributed by atoms with Crippen molar-refractivity contribution < 1.29 is 23.1 Å². The van der Waals surface area contributed by atoms with Crippen LogP contribution in [0.4, 0.5) is 18.9 Å². The number of aromatic carboxylic acids is 1. The van der Waals surface area contributed by atoms with Gasteiger partial charge in [0.25, 0.3) is 0 Å². The molecule has 1 aromatic rings. The van der Waals surface area contributed by atoms with Gasteiger partial charge in [-0.1, -0.05) is 0 Å². The second kappa shape index (κ2) is 4.75. The number of hydrogen-bond donors (Lipinski definition) is 2. The number of hydrogen-bond acceptors (Lipinski definition) is 2. The van der Waals surface area contributed by atoms with Gasteiger partial charge in [0.1, 0.15) is 0 Å². The van der Waals surface area contributed by atoms with Crippen LogP contribution in [-0.4, -0.2) is 17.1 Å². The Labute approximate surface area is 108 Å². The van der Waals surface area contributed by atoms with Gasteiger partial charge in [-0.2, -0.15) is 13.2 Å². The number of carbonyl (C=O) groups is 1. The molecule has 2 N–H and O–H groups in total. The van der Waals surface area contributed by atoms with Gasteiger partial charge >= 0.3 is 12.1 Å². The highest BCUT2D eigenvalue weighted by atomic mass is 19.4. The van der Waals surface area contributed by atoms with Crippen LogP contribution in [0.15, 0.2) is 18.2 Å². The van der Waals surface area contributed by atoms with Crippen LogP contribution in [0.2, 0.25) is 0 Å². The fourth-order valence-electron chi connectivity index (χ4n) is 1.98. The lowest BCUT2D eigenvalue weighted by Crippen LogP contribution is -2.20. The van der Waals surface area contributed by atoms with Crippen LogP contribution >= 0.6 is 0 Å². The Morgan fingerprint density at radius 2 is 2.05 bits per heavy atom. The predicted molar refractivity (Wildman–Crippen MR) is 64.2 cm³/mol. The summed E-state index contributed by atoms with van der Waals surface area (Å²) in [6.45, 7) is 1.90. The molecule has 1 aromatic carbocycles. The zero-order valence-corrected chi connectivity index (χ0v) is 10.3. The van der Waals surface area contributed by atoms with Gasteiger partial charge in [0.05, 0.1) is 11.1 Å². The summed E-state index contributed by atoms with van der Waals surface area (Å²) in [6, 6.07) is 2.82. The Morgan fingerprint density at radius 3 is 2.53 bits per heavy atom. The van der Waals surface area contributed by atoms with Crippen LogP contribution in [0.25, 0.3) is 0 Å². The Kier molecular flexibility index (Phi) is 3.43. The normalized spacial score (nSPS) is 17.1. The summed E-state index contributed by atoms with van der Waals surface area (Å²) < 4.78 is 37.7. The van der Waals surface area contributed by atoms with E-state index >= 15 is 0 Å². The van der Waals surface area contributed by atoms with Crippen molar-refractivity contribution in [3.63, 3.8) is 0 Å². The largest absolute Gasteiger partial charge is 0.478 e. The molecule has 2 rings (SSSR count). The number of benzene rings is 1. The van der Waals surface area contributed by atoms with Gasteiger partial charge < -0.3 is 10.4 Å². The Morgan fingerprint density at radius 1 is 1.42 bits per heavy atom. The maximum Gasteiger partial charge on any atom is 0.416 e. The third kappa shape index (κ3) is 3.19. The van der Waals surface area contributed by atoms with Crippen molar-refractivity contribution in [1.82, 2.24) is 0 Å². The van der Waals surface area contributed by atoms with Crippen LogP contribution in [0.3, 0.4) is 0 Å². The smallest absolute Gasteiger partial charge is 0.416 e. The van der Waals surface area contributed by atoms with E-state index in [0.717, 1.165) is 18.9 Å². The molecule has 1 unspecified atom stereocenters. The molecule has 0 heterocycles. The number of halogens is 3. The molecule has 1 fully saturated rings. The summed E-state index contributed by atoms with van der Waals surface area (Å²) >= 11 is 0. The summed E-state index contributed by atoms with van der Waals surface area (Å²) in [6.07, 6.45) is -2.40. The Hall–Kier alpha value is -1.72. The van der Waals surface area contributed by atoms with E-state index in [4.69, 9.17) is 5.11 Å². The van der Waals surface area contributed by atoms with E-state index in [-0.39, 0.29) is 17.3 Å². The molecule has 6 heteroatoms.